The molecular weight excluding hydrogens is 216 g/mol. The highest BCUT2D eigenvalue weighted by Crippen LogP contribution is 2.23. The van der Waals surface area contributed by atoms with E-state index in [4.69, 9.17) is 22.1 Å². The van der Waals surface area contributed by atoms with E-state index < -0.39 is 0 Å². The molecule has 0 spiro atoms. The fourth-order valence-electron chi connectivity index (χ4n) is 1.17. The lowest BCUT2D eigenvalue weighted by Crippen LogP contribution is -2.08. The van der Waals surface area contributed by atoms with Crippen LogP contribution in [0.15, 0.2) is 11.3 Å². The molecule has 1 rings (SSSR count). The van der Waals surface area contributed by atoms with Gasteiger partial charge in [0, 0.05) is 6.21 Å². The summed E-state index contributed by atoms with van der Waals surface area (Å²) >= 11 is 5.58. The van der Waals surface area contributed by atoms with Gasteiger partial charge in [0.15, 0.2) is 11.0 Å². The van der Waals surface area contributed by atoms with Crippen LogP contribution in [0.3, 0.4) is 0 Å². The molecule has 0 aliphatic carbocycles. The Morgan fingerprint density at radius 3 is 3.00 bits per heavy atom. The number of aliphatic hydroxyl groups is 1. The Kier molecular flexibility index (Phi) is 3.99. The molecule has 0 amide bonds. The highest BCUT2D eigenvalue weighted by molar-refractivity contribution is 6.68. The molecule has 1 aromatic heterocycles. The summed E-state index contributed by atoms with van der Waals surface area (Å²) in [6, 6.07) is -0.138. The molecule has 0 aromatic carbocycles. The molecule has 1 aromatic rings. The molecule has 15 heavy (non-hydrogen) atoms. The van der Waals surface area contributed by atoms with Crippen molar-refractivity contribution in [3.05, 3.63) is 12.0 Å². The molecule has 5 nitrogen and oxygen atoms in total. The zero-order valence-corrected chi connectivity index (χ0v) is 9.36. The molecule has 0 saturated heterocycles. The molecular formula is C9H13ClN4O. The van der Waals surface area contributed by atoms with E-state index in [2.05, 4.69) is 9.98 Å². The summed E-state index contributed by atoms with van der Waals surface area (Å²) in [7, 11) is 0. The van der Waals surface area contributed by atoms with Gasteiger partial charge >= 0.3 is 0 Å². The van der Waals surface area contributed by atoms with Gasteiger partial charge in [0.25, 0.3) is 0 Å². The maximum absolute atomic E-state index is 9.04. The predicted octanol–water partition coefficient (Wildman–Crippen LogP) is 1.72. The van der Waals surface area contributed by atoms with Gasteiger partial charge in [0.05, 0.1) is 19.0 Å². The molecule has 2 N–H and O–H groups in total. The summed E-state index contributed by atoms with van der Waals surface area (Å²) in [5.41, 5.74) is 0.329. The molecule has 1 heterocycles. The fraction of sp³-hybridized carbons (Fsp3) is 0.444. The quantitative estimate of drug-likeness (QED) is 0.770. The predicted molar refractivity (Wildman–Crippen MR) is 60.5 cm³/mol. The SMILES string of the molecule is CC=Nc1c(C(=N)Cl)ncn1C(C)CO. The van der Waals surface area contributed by atoms with Crippen molar-refractivity contribution in [2.45, 2.75) is 19.9 Å². The fourth-order valence-corrected chi connectivity index (χ4v) is 1.30. The summed E-state index contributed by atoms with van der Waals surface area (Å²) < 4.78 is 1.69. The van der Waals surface area contributed by atoms with Gasteiger partial charge < -0.3 is 9.67 Å². The van der Waals surface area contributed by atoms with E-state index in [0.29, 0.717) is 11.5 Å². The van der Waals surface area contributed by atoms with Gasteiger partial charge in [-0.3, -0.25) is 5.41 Å². The smallest absolute Gasteiger partial charge is 0.162 e. The second-order valence-corrected chi connectivity index (χ2v) is 3.43. The van der Waals surface area contributed by atoms with Crippen LogP contribution in [0.1, 0.15) is 25.6 Å². The van der Waals surface area contributed by atoms with Crippen LogP contribution in [-0.4, -0.2) is 32.6 Å². The number of hydrogen-bond acceptors (Lipinski definition) is 4. The molecule has 0 radical (unpaired) electrons. The summed E-state index contributed by atoms with van der Waals surface area (Å²) in [6.45, 7) is 3.58. The first-order chi connectivity index (χ1) is 7.11. The van der Waals surface area contributed by atoms with Crippen molar-refractivity contribution in [3.63, 3.8) is 0 Å². The number of nitrogens with one attached hydrogen (secondary N) is 1. The van der Waals surface area contributed by atoms with E-state index in [1.807, 2.05) is 6.92 Å². The van der Waals surface area contributed by atoms with Crippen molar-refractivity contribution in [2.75, 3.05) is 6.61 Å². The van der Waals surface area contributed by atoms with E-state index in [1.54, 1.807) is 17.7 Å². The Morgan fingerprint density at radius 2 is 2.53 bits per heavy atom. The van der Waals surface area contributed by atoms with Gasteiger partial charge in [-0.2, -0.15) is 0 Å². The highest BCUT2D eigenvalue weighted by atomic mass is 35.5. The van der Waals surface area contributed by atoms with Gasteiger partial charge in [-0.05, 0) is 13.8 Å². The summed E-state index contributed by atoms with van der Waals surface area (Å²) in [5, 5.41) is 16.2. The van der Waals surface area contributed by atoms with Crippen molar-refractivity contribution in [1.82, 2.24) is 9.55 Å². The highest BCUT2D eigenvalue weighted by Gasteiger charge is 2.15. The monoisotopic (exact) mass is 228 g/mol. The van der Waals surface area contributed by atoms with Crippen molar-refractivity contribution in [3.8, 4) is 0 Å². The second-order valence-electron chi connectivity index (χ2n) is 3.06. The van der Waals surface area contributed by atoms with Gasteiger partial charge in [-0.25, -0.2) is 9.98 Å². The lowest BCUT2D eigenvalue weighted by molar-refractivity contribution is 0.239. The first kappa shape index (κ1) is 11.9. The van der Waals surface area contributed by atoms with E-state index >= 15 is 0 Å². The van der Waals surface area contributed by atoms with Gasteiger partial charge in [0.1, 0.15) is 5.69 Å². The number of halogens is 1. The summed E-state index contributed by atoms with van der Waals surface area (Å²) in [4.78, 5) is 8.08. The van der Waals surface area contributed by atoms with Crippen LogP contribution in [0.5, 0.6) is 0 Å². The van der Waals surface area contributed by atoms with E-state index in [9.17, 15) is 0 Å². The average molecular weight is 229 g/mol. The Morgan fingerprint density at radius 1 is 1.87 bits per heavy atom. The normalized spacial score (nSPS) is 13.3. The lowest BCUT2D eigenvalue weighted by Gasteiger charge is -2.11. The molecule has 0 aliphatic rings. The summed E-state index contributed by atoms with van der Waals surface area (Å²) in [6.07, 6.45) is 3.12. The first-order valence-corrected chi connectivity index (χ1v) is 4.90. The molecule has 1 atom stereocenters. The number of hydrogen-bond donors (Lipinski definition) is 2. The van der Waals surface area contributed by atoms with E-state index in [-0.39, 0.29) is 17.8 Å². The zero-order valence-electron chi connectivity index (χ0n) is 8.61. The third kappa shape index (κ3) is 2.43. The largest absolute Gasteiger partial charge is 0.394 e. The van der Waals surface area contributed by atoms with Crippen molar-refractivity contribution < 1.29 is 5.11 Å². The van der Waals surface area contributed by atoms with Crippen LogP contribution in [0.2, 0.25) is 0 Å². The van der Waals surface area contributed by atoms with Gasteiger partial charge in [-0.1, -0.05) is 11.6 Å². The number of rotatable bonds is 4. The van der Waals surface area contributed by atoms with Crippen LogP contribution in [0.4, 0.5) is 5.82 Å². The zero-order chi connectivity index (χ0) is 11.4. The maximum Gasteiger partial charge on any atom is 0.162 e. The van der Waals surface area contributed by atoms with Crippen LogP contribution in [0, 0.1) is 5.41 Å². The Hall–Kier alpha value is -1.20. The molecule has 6 heteroatoms. The molecule has 1 unspecified atom stereocenters. The average Bonchev–Trinajstić information content (AvgIpc) is 2.61. The Labute approximate surface area is 92.9 Å². The van der Waals surface area contributed by atoms with Crippen molar-refractivity contribution >= 4 is 28.8 Å². The van der Waals surface area contributed by atoms with Crippen molar-refractivity contribution in [2.24, 2.45) is 4.99 Å². The number of aromatic nitrogens is 2. The molecule has 0 fully saturated rings. The minimum Gasteiger partial charge on any atom is -0.394 e. The Bertz CT molecular complexity index is 385. The van der Waals surface area contributed by atoms with Crippen LogP contribution in [-0.2, 0) is 0 Å². The number of aliphatic imine (C=N–C) groups is 1. The van der Waals surface area contributed by atoms with E-state index in [1.165, 1.54) is 6.33 Å². The maximum atomic E-state index is 9.04. The topological polar surface area (TPSA) is 74.3 Å². The summed E-state index contributed by atoms with van der Waals surface area (Å²) in [5.74, 6) is 0.499. The third-order valence-corrected chi connectivity index (χ3v) is 2.14. The lowest BCUT2D eigenvalue weighted by atomic mass is 10.3. The standard InChI is InChI=1S/C9H13ClN4O/c1-3-12-9-7(8(10)11)13-5-14(9)6(2)4-15/h3,5-6,11,15H,4H2,1-2H3. The third-order valence-electron chi connectivity index (χ3n) is 1.97. The van der Waals surface area contributed by atoms with Crippen molar-refractivity contribution in [1.29, 1.82) is 5.41 Å². The van der Waals surface area contributed by atoms with Crippen LogP contribution in [0.25, 0.3) is 0 Å². The second kappa shape index (κ2) is 5.04. The molecule has 0 aliphatic heterocycles. The molecule has 82 valence electrons. The van der Waals surface area contributed by atoms with Gasteiger partial charge in [0.2, 0.25) is 0 Å². The minimum absolute atomic E-state index is 0.0162. The van der Waals surface area contributed by atoms with E-state index in [0.717, 1.165) is 0 Å². The van der Waals surface area contributed by atoms with Crippen LogP contribution < -0.4 is 0 Å². The number of aliphatic hydroxyl groups excluding tert-OH is 1. The number of nitrogens with zero attached hydrogens (tertiary/aromatic N) is 3. The molecule has 0 bridgehead atoms. The number of imidazole rings is 1. The first-order valence-electron chi connectivity index (χ1n) is 4.52. The Balaban J connectivity index is 3.23. The molecule has 0 saturated carbocycles. The minimum atomic E-state index is -0.153. The van der Waals surface area contributed by atoms with Gasteiger partial charge in [-0.15, -0.1) is 0 Å². The van der Waals surface area contributed by atoms with Crippen LogP contribution >= 0.6 is 11.6 Å².